The van der Waals surface area contributed by atoms with Crippen LogP contribution in [0.25, 0.3) is 0 Å². The van der Waals surface area contributed by atoms with Crippen molar-refractivity contribution in [1.82, 2.24) is 14.8 Å². The van der Waals surface area contributed by atoms with Crippen LogP contribution in [0, 0.1) is 0 Å². The monoisotopic (exact) mass is 344 g/mol. The number of aryl methyl sites for hydroxylation is 1. The van der Waals surface area contributed by atoms with Crippen molar-refractivity contribution in [1.29, 1.82) is 0 Å². The molecule has 0 saturated heterocycles. The molecule has 21 heavy (non-hydrogen) atoms. The number of thioether (sulfide) groups is 1. The number of hydrogen-bond donors (Lipinski definition) is 1. The second-order valence-electron chi connectivity index (χ2n) is 4.27. The van der Waals surface area contributed by atoms with E-state index >= 15 is 0 Å². The summed E-state index contributed by atoms with van der Waals surface area (Å²) in [7, 11) is 0. The normalized spacial score (nSPS) is 12.2. The van der Waals surface area contributed by atoms with Gasteiger partial charge in [0, 0.05) is 11.6 Å². The van der Waals surface area contributed by atoms with Gasteiger partial charge in [-0.3, -0.25) is 4.79 Å². The molecule has 0 radical (unpaired) electrons. The predicted octanol–water partition coefficient (Wildman–Crippen LogP) is 3.72. The van der Waals surface area contributed by atoms with Gasteiger partial charge in [-0.1, -0.05) is 35.0 Å². The largest absolute Gasteiger partial charge is 0.324 e. The Bertz CT molecular complexity index is 647. The van der Waals surface area contributed by atoms with Gasteiger partial charge in [-0.25, -0.2) is 0 Å². The number of nitrogens with zero attached hydrogens (tertiary/aromatic N) is 3. The second kappa shape index (κ2) is 7.15. The Hall–Kier alpha value is -1.24. The quantitative estimate of drug-likeness (QED) is 0.839. The van der Waals surface area contributed by atoms with Crippen molar-refractivity contribution in [2.45, 2.75) is 30.8 Å². The second-order valence-corrected chi connectivity index (χ2v) is 6.42. The maximum atomic E-state index is 12.2. The maximum absolute atomic E-state index is 12.2. The van der Waals surface area contributed by atoms with Crippen LogP contribution in [0.2, 0.25) is 10.0 Å². The van der Waals surface area contributed by atoms with E-state index in [1.165, 1.54) is 11.8 Å². The number of anilines is 1. The Morgan fingerprint density at radius 1 is 1.48 bits per heavy atom. The summed E-state index contributed by atoms with van der Waals surface area (Å²) in [6.45, 7) is 4.54. The van der Waals surface area contributed by atoms with Crippen LogP contribution in [0.5, 0.6) is 0 Å². The Morgan fingerprint density at radius 2 is 2.24 bits per heavy atom. The molecular formula is C13H14Cl2N4OS. The van der Waals surface area contributed by atoms with E-state index < -0.39 is 0 Å². The highest BCUT2D eigenvalue weighted by Crippen LogP contribution is 2.27. The number of hydrogen-bond acceptors (Lipinski definition) is 4. The van der Waals surface area contributed by atoms with Gasteiger partial charge in [-0.2, -0.15) is 0 Å². The van der Waals surface area contributed by atoms with Crippen molar-refractivity contribution >= 4 is 46.6 Å². The van der Waals surface area contributed by atoms with Crippen molar-refractivity contribution in [3.05, 3.63) is 34.6 Å². The molecule has 0 aliphatic carbocycles. The van der Waals surface area contributed by atoms with E-state index in [2.05, 4.69) is 15.5 Å². The summed E-state index contributed by atoms with van der Waals surface area (Å²) in [4.78, 5) is 12.2. The third-order valence-corrected chi connectivity index (χ3v) is 4.42. The molecule has 2 aromatic rings. The molecule has 5 nitrogen and oxygen atoms in total. The number of benzene rings is 1. The lowest BCUT2D eigenvalue weighted by Crippen LogP contribution is -2.23. The number of amides is 1. The highest BCUT2D eigenvalue weighted by molar-refractivity contribution is 8.00. The van der Waals surface area contributed by atoms with E-state index in [0.717, 1.165) is 6.54 Å². The van der Waals surface area contributed by atoms with E-state index in [9.17, 15) is 4.79 Å². The number of aromatic nitrogens is 3. The fourth-order valence-corrected chi connectivity index (χ4v) is 2.82. The summed E-state index contributed by atoms with van der Waals surface area (Å²) in [5.74, 6) is -0.171. The molecule has 0 bridgehead atoms. The zero-order chi connectivity index (χ0) is 15.4. The number of halogens is 2. The molecule has 1 heterocycles. The van der Waals surface area contributed by atoms with Crippen molar-refractivity contribution in [3.63, 3.8) is 0 Å². The van der Waals surface area contributed by atoms with Crippen LogP contribution in [0.4, 0.5) is 5.69 Å². The first kappa shape index (κ1) is 16.1. The molecular weight excluding hydrogens is 331 g/mol. The minimum absolute atomic E-state index is 0.171. The van der Waals surface area contributed by atoms with Crippen LogP contribution in [0.1, 0.15) is 13.8 Å². The van der Waals surface area contributed by atoms with Gasteiger partial charge in [0.05, 0.1) is 16.0 Å². The third-order valence-electron chi connectivity index (χ3n) is 2.76. The molecule has 0 fully saturated rings. The first-order valence-electron chi connectivity index (χ1n) is 6.31. The third kappa shape index (κ3) is 4.12. The van der Waals surface area contributed by atoms with Crippen molar-refractivity contribution in [3.8, 4) is 0 Å². The Labute approximate surface area is 137 Å². The van der Waals surface area contributed by atoms with Gasteiger partial charge in [0.1, 0.15) is 6.33 Å². The molecule has 1 N–H and O–H groups in total. The van der Waals surface area contributed by atoms with Gasteiger partial charge >= 0.3 is 0 Å². The summed E-state index contributed by atoms with van der Waals surface area (Å²) in [5, 5.41) is 11.9. The average molecular weight is 345 g/mol. The van der Waals surface area contributed by atoms with Crippen LogP contribution in [0.3, 0.4) is 0 Å². The summed E-state index contributed by atoms with van der Waals surface area (Å²) in [6, 6.07) is 4.93. The number of carbonyl (C=O) groups excluding carboxylic acids is 1. The topological polar surface area (TPSA) is 59.8 Å². The van der Waals surface area contributed by atoms with E-state index in [-0.39, 0.29) is 11.2 Å². The molecule has 1 aromatic heterocycles. The van der Waals surface area contributed by atoms with Gasteiger partial charge in [-0.05, 0) is 32.0 Å². The minimum Gasteiger partial charge on any atom is -0.324 e. The minimum atomic E-state index is -0.338. The fourth-order valence-electron chi connectivity index (χ4n) is 1.59. The van der Waals surface area contributed by atoms with E-state index in [1.807, 2.05) is 11.5 Å². The average Bonchev–Trinajstić information content (AvgIpc) is 2.90. The molecule has 0 saturated carbocycles. The van der Waals surface area contributed by atoms with Gasteiger partial charge < -0.3 is 9.88 Å². The highest BCUT2D eigenvalue weighted by atomic mass is 35.5. The van der Waals surface area contributed by atoms with Crippen LogP contribution in [-0.2, 0) is 11.3 Å². The summed E-state index contributed by atoms with van der Waals surface area (Å²) < 4.78 is 1.88. The SMILES string of the molecule is CCn1cnnc1S[C@@H](C)C(=O)Nc1cc(Cl)ccc1Cl. The lowest BCUT2D eigenvalue weighted by atomic mass is 10.3. The van der Waals surface area contributed by atoms with Crippen molar-refractivity contribution in [2.75, 3.05) is 5.32 Å². The molecule has 1 atom stereocenters. The molecule has 1 amide bonds. The van der Waals surface area contributed by atoms with Crippen molar-refractivity contribution in [2.24, 2.45) is 0 Å². The number of carbonyl (C=O) groups is 1. The molecule has 0 aliphatic heterocycles. The molecule has 1 aromatic carbocycles. The first-order valence-corrected chi connectivity index (χ1v) is 7.95. The molecule has 0 spiro atoms. The Kier molecular flexibility index (Phi) is 5.50. The molecule has 0 aliphatic rings. The molecule has 0 unspecified atom stereocenters. The predicted molar refractivity (Wildman–Crippen MR) is 86.1 cm³/mol. The number of rotatable bonds is 5. The Morgan fingerprint density at radius 3 is 2.95 bits per heavy atom. The zero-order valence-electron chi connectivity index (χ0n) is 11.5. The summed E-state index contributed by atoms with van der Waals surface area (Å²) in [5.41, 5.74) is 0.499. The Balaban J connectivity index is 2.04. The number of nitrogens with one attached hydrogen (secondary N) is 1. The molecule has 2 rings (SSSR count). The maximum Gasteiger partial charge on any atom is 0.237 e. The smallest absolute Gasteiger partial charge is 0.237 e. The van der Waals surface area contributed by atoms with Crippen LogP contribution >= 0.6 is 35.0 Å². The van der Waals surface area contributed by atoms with Gasteiger partial charge in [0.15, 0.2) is 5.16 Å². The first-order chi connectivity index (χ1) is 10.0. The van der Waals surface area contributed by atoms with Crippen LogP contribution in [-0.4, -0.2) is 25.9 Å². The molecule has 112 valence electrons. The summed E-state index contributed by atoms with van der Waals surface area (Å²) >= 11 is 13.3. The van der Waals surface area contributed by atoms with E-state index in [0.29, 0.717) is 20.9 Å². The van der Waals surface area contributed by atoms with Crippen molar-refractivity contribution < 1.29 is 4.79 Å². The molecule has 8 heteroatoms. The van der Waals surface area contributed by atoms with Gasteiger partial charge in [-0.15, -0.1) is 10.2 Å². The van der Waals surface area contributed by atoms with Gasteiger partial charge in [0.2, 0.25) is 5.91 Å². The highest BCUT2D eigenvalue weighted by Gasteiger charge is 2.18. The lowest BCUT2D eigenvalue weighted by molar-refractivity contribution is -0.115. The standard InChI is InChI=1S/C13H14Cl2N4OS/c1-3-19-7-16-18-13(19)21-8(2)12(20)17-11-6-9(14)4-5-10(11)15/h4-8H,3H2,1-2H3,(H,17,20)/t8-/m0/s1. The van der Waals surface area contributed by atoms with Crippen LogP contribution < -0.4 is 5.32 Å². The van der Waals surface area contributed by atoms with E-state index in [1.54, 1.807) is 31.5 Å². The van der Waals surface area contributed by atoms with Gasteiger partial charge in [0.25, 0.3) is 0 Å². The lowest BCUT2D eigenvalue weighted by Gasteiger charge is -2.13. The zero-order valence-corrected chi connectivity index (χ0v) is 13.8. The summed E-state index contributed by atoms with van der Waals surface area (Å²) in [6.07, 6.45) is 1.64. The van der Waals surface area contributed by atoms with Crippen LogP contribution in [0.15, 0.2) is 29.7 Å². The van der Waals surface area contributed by atoms with E-state index in [4.69, 9.17) is 23.2 Å². The fraction of sp³-hybridized carbons (Fsp3) is 0.308.